The first kappa shape index (κ1) is 12.8. The van der Waals surface area contributed by atoms with E-state index in [1.165, 1.54) is 0 Å². The van der Waals surface area contributed by atoms with Crippen LogP contribution in [0.3, 0.4) is 0 Å². The Hall–Kier alpha value is -1.60. The van der Waals surface area contributed by atoms with Crippen LogP contribution in [0.4, 0.5) is 0 Å². The Morgan fingerprint density at radius 2 is 2.11 bits per heavy atom. The lowest BCUT2D eigenvalue weighted by molar-refractivity contribution is 0.792. The first-order valence-electron chi connectivity index (χ1n) is 5.98. The van der Waals surface area contributed by atoms with E-state index in [9.17, 15) is 5.26 Å². The van der Waals surface area contributed by atoms with Crippen LogP contribution in [-0.4, -0.2) is 9.78 Å². The molecule has 1 aromatic heterocycles. The molecule has 0 radical (unpaired) electrons. The number of nitrogens with zero attached hydrogens (tertiary/aromatic N) is 3. The molecule has 0 N–H and O–H groups in total. The predicted molar refractivity (Wildman–Crippen MR) is 74.7 cm³/mol. The van der Waals surface area contributed by atoms with Crippen LogP contribution in [0.5, 0.6) is 0 Å². The van der Waals surface area contributed by atoms with Gasteiger partial charge in [-0.1, -0.05) is 19.9 Å². The highest BCUT2D eigenvalue weighted by molar-refractivity contribution is 9.10. The summed E-state index contributed by atoms with van der Waals surface area (Å²) in [5, 5.41) is 13.8. The predicted octanol–water partition coefficient (Wildman–Crippen LogP) is 3.63. The molecular weight excluding hydrogens is 290 g/mol. The third kappa shape index (κ3) is 2.19. The molecule has 0 aliphatic carbocycles. The molecule has 0 unspecified atom stereocenters. The Morgan fingerprint density at radius 3 is 2.72 bits per heavy atom. The number of hydrogen-bond donors (Lipinski definition) is 0. The minimum atomic E-state index is 0.623. The summed E-state index contributed by atoms with van der Waals surface area (Å²) in [4.78, 5) is 0. The highest BCUT2D eigenvalue weighted by atomic mass is 79.9. The molecule has 0 amide bonds. The lowest BCUT2D eigenvalue weighted by atomic mass is 10.2. The van der Waals surface area contributed by atoms with Gasteiger partial charge in [-0.15, -0.1) is 0 Å². The van der Waals surface area contributed by atoms with Gasteiger partial charge in [0.25, 0.3) is 0 Å². The van der Waals surface area contributed by atoms with E-state index in [1.54, 1.807) is 0 Å². The van der Waals surface area contributed by atoms with Gasteiger partial charge in [-0.25, -0.2) is 4.68 Å². The molecule has 3 nitrogen and oxygen atoms in total. The molecule has 18 heavy (non-hydrogen) atoms. The number of benzene rings is 1. The molecule has 0 spiro atoms. The van der Waals surface area contributed by atoms with Gasteiger partial charge in [0.15, 0.2) is 0 Å². The van der Waals surface area contributed by atoms with Crippen molar-refractivity contribution in [2.45, 2.75) is 26.7 Å². The maximum atomic E-state index is 9.27. The van der Waals surface area contributed by atoms with E-state index >= 15 is 0 Å². The van der Waals surface area contributed by atoms with Crippen LogP contribution < -0.4 is 0 Å². The second kappa shape index (κ2) is 5.36. The van der Waals surface area contributed by atoms with Crippen molar-refractivity contribution in [3.63, 3.8) is 0 Å². The van der Waals surface area contributed by atoms with E-state index in [4.69, 9.17) is 0 Å². The minimum Gasteiger partial charge on any atom is -0.236 e. The van der Waals surface area contributed by atoms with Gasteiger partial charge in [0, 0.05) is 10.2 Å². The van der Waals surface area contributed by atoms with Crippen molar-refractivity contribution in [2.75, 3.05) is 0 Å². The zero-order valence-electron chi connectivity index (χ0n) is 10.4. The van der Waals surface area contributed by atoms with Crippen LogP contribution >= 0.6 is 15.9 Å². The molecule has 0 aliphatic heterocycles. The molecule has 92 valence electrons. The van der Waals surface area contributed by atoms with Gasteiger partial charge in [-0.3, -0.25) is 0 Å². The normalized spacial score (nSPS) is 10.3. The number of rotatable bonds is 3. The third-order valence-corrected chi connectivity index (χ3v) is 3.55. The van der Waals surface area contributed by atoms with Crippen molar-refractivity contribution in [2.24, 2.45) is 0 Å². The van der Waals surface area contributed by atoms with E-state index in [0.717, 1.165) is 34.4 Å². The quantitative estimate of drug-likeness (QED) is 0.869. The van der Waals surface area contributed by atoms with Crippen LogP contribution in [0.2, 0.25) is 0 Å². The molecule has 0 bridgehead atoms. The maximum absolute atomic E-state index is 9.27. The molecule has 0 saturated carbocycles. The molecular formula is C14H14BrN3. The fourth-order valence-corrected chi connectivity index (χ4v) is 2.35. The number of hydrogen-bond acceptors (Lipinski definition) is 2. The Bertz CT molecular complexity index is 608. The summed E-state index contributed by atoms with van der Waals surface area (Å²) < 4.78 is 2.68. The molecule has 2 rings (SSSR count). The minimum absolute atomic E-state index is 0.623. The smallest absolute Gasteiger partial charge is 0.103 e. The van der Waals surface area contributed by atoms with Crippen molar-refractivity contribution in [1.82, 2.24) is 9.78 Å². The summed E-state index contributed by atoms with van der Waals surface area (Å²) in [7, 11) is 0. The third-order valence-electron chi connectivity index (χ3n) is 2.89. The highest BCUT2D eigenvalue weighted by Gasteiger charge is 2.12. The number of halogens is 1. The molecule has 1 heterocycles. The second-order valence-electron chi connectivity index (χ2n) is 3.99. The summed E-state index contributed by atoms with van der Waals surface area (Å²) in [6.07, 6.45) is 1.79. The first-order valence-corrected chi connectivity index (χ1v) is 6.77. The molecule has 4 heteroatoms. The molecule has 2 aromatic rings. The van der Waals surface area contributed by atoms with Gasteiger partial charge in [0.05, 0.1) is 16.9 Å². The van der Waals surface area contributed by atoms with Gasteiger partial charge in [-0.05, 0) is 47.0 Å². The van der Waals surface area contributed by atoms with Crippen LogP contribution in [0.25, 0.3) is 5.69 Å². The Morgan fingerprint density at radius 1 is 1.33 bits per heavy atom. The van der Waals surface area contributed by atoms with E-state index in [1.807, 2.05) is 22.9 Å². The number of aromatic nitrogens is 2. The zero-order valence-corrected chi connectivity index (χ0v) is 12.0. The molecule has 0 atom stereocenters. The van der Waals surface area contributed by atoms with Crippen molar-refractivity contribution in [1.29, 1.82) is 5.26 Å². The molecule has 0 fully saturated rings. The summed E-state index contributed by atoms with van der Waals surface area (Å²) in [5.74, 6) is 0. The van der Waals surface area contributed by atoms with Crippen molar-refractivity contribution in [3.8, 4) is 11.8 Å². The standard InChI is InChI=1S/C14H14BrN3/c1-3-10-8-11(4-2)18(17-10)14-7-5-6-13(15)12(14)9-16/h5-8H,3-4H2,1-2H3. The zero-order chi connectivity index (χ0) is 13.1. The second-order valence-corrected chi connectivity index (χ2v) is 4.85. The Balaban J connectivity index is 2.65. The maximum Gasteiger partial charge on any atom is 0.103 e. The lowest BCUT2D eigenvalue weighted by Gasteiger charge is -2.08. The van der Waals surface area contributed by atoms with Gasteiger partial charge in [0.2, 0.25) is 0 Å². The van der Waals surface area contributed by atoms with Crippen molar-refractivity contribution < 1.29 is 0 Å². The summed E-state index contributed by atoms with van der Waals surface area (Å²) in [5.41, 5.74) is 3.64. The van der Waals surface area contributed by atoms with Crippen molar-refractivity contribution in [3.05, 3.63) is 45.7 Å². The fourth-order valence-electron chi connectivity index (χ4n) is 1.91. The van der Waals surface area contributed by atoms with E-state index < -0.39 is 0 Å². The number of aryl methyl sites for hydroxylation is 2. The van der Waals surface area contributed by atoms with E-state index in [-0.39, 0.29) is 0 Å². The molecule has 0 saturated heterocycles. The summed E-state index contributed by atoms with van der Waals surface area (Å²) >= 11 is 3.41. The van der Waals surface area contributed by atoms with E-state index in [0.29, 0.717) is 5.56 Å². The first-order chi connectivity index (χ1) is 8.71. The highest BCUT2D eigenvalue weighted by Crippen LogP contribution is 2.24. The Kier molecular flexibility index (Phi) is 3.83. The van der Waals surface area contributed by atoms with Crippen LogP contribution in [-0.2, 0) is 12.8 Å². The van der Waals surface area contributed by atoms with Gasteiger partial charge < -0.3 is 0 Å². The van der Waals surface area contributed by atoms with E-state index in [2.05, 4.69) is 47.0 Å². The number of nitriles is 1. The Labute approximate surface area is 115 Å². The average molecular weight is 304 g/mol. The van der Waals surface area contributed by atoms with Crippen LogP contribution in [0.15, 0.2) is 28.7 Å². The molecule has 0 aliphatic rings. The lowest BCUT2D eigenvalue weighted by Crippen LogP contribution is -2.04. The topological polar surface area (TPSA) is 41.6 Å². The fraction of sp³-hybridized carbons (Fsp3) is 0.286. The van der Waals surface area contributed by atoms with Crippen molar-refractivity contribution >= 4 is 15.9 Å². The van der Waals surface area contributed by atoms with Crippen LogP contribution in [0, 0.1) is 11.3 Å². The van der Waals surface area contributed by atoms with Crippen LogP contribution in [0.1, 0.15) is 30.8 Å². The summed E-state index contributed by atoms with van der Waals surface area (Å²) in [6.45, 7) is 4.18. The van der Waals surface area contributed by atoms with Gasteiger partial charge in [0.1, 0.15) is 6.07 Å². The SMILES string of the molecule is CCc1cc(CC)n(-c2cccc(Br)c2C#N)n1. The monoisotopic (exact) mass is 303 g/mol. The average Bonchev–Trinajstić information content (AvgIpc) is 2.81. The van der Waals surface area contributed by atoms with Gasteiger partial charge in [-0.2, -0.15) is 10.4 Å². The molecule has 1 aromatic carbocycles. The largest absolute Gasteiger partial charge is 0.236 e. The summed E-state index contributed by atoms with van der Waals surface area (Å²) in [6, 6.07) is 10.1. The van der Waals surface area contributed by atoms with Gasteiger partial charge >= 0.3 is 0 Å².